The monoisotopic (exact) mass is 189 g/mol. The molecule has 0 fully saturated rings. The first kappa shape index (κ1) is 12.4. The van der Waals surface area contributed by atoms with Gasteiger partial charge in [0.25, 0.3) is 0 Å². The molecule has 0 aromatic heterocycles. The van der Waals surface area contributed by atoms with Gasteiger partial charge in [0.1, 0.15) is 6.61 Å². The Labute approximate surface area is 79.3 Å². The summed E-state index contributed by atoms with van der Waals surface area (Å²) in [6.45, 7) is 3.58. The van der Waals surface area contributed by atoms with Gasteiger partial charge in [0.2, 0.25) is 5.91 Å². The predicted molar refractivity (Wildman–Crippen MR) is 50.4 cm³/mol. The molecule has 0 heterocycles. The normalized spacial score (nSPS) is 10.0. The summed E-state index contributed by atoms with van der Waals surface area (Å²) in [6, 6.07) is 0. The second-order valence-corrected chi connectivity index (χ2v) is 2.83. The number of carbonyl (C=O) groups excluding carboxylic acids is 1. The molecule has 2 N–H and O–H groups in total. The fourth-order valence-corrected chi connectivity index (χ4v) is 0.825. The number of aliphatic hydroxyl groups is 1. The van der Waals surface area contributed by atoms with Gasteiger partial charge in [0.15, 0.2) is 0 Å². The van der Waals surface area contributed by atoms with Gasteiger partial charge in [-0.25, -0.2) is 0 Å². The van der Waals surface area contributed by atoms with E-state index in [9.17, 15) is 4.79 Å². The SMILES string of the molecule is CCCOCC(=O)NCCCCO. The molecule has 0 aromatic carbocycles. The molecule has 0 spiro atoms. The van der Waals surface area contributed by atoms with Crippen molar-refractivity contribution in [3.8, 4) is 0 Å². The Balaban J connectivity index is 3.11. The Kier molecular flexibility index (Phi) is 9.03. The van der Waals surface area contributed by atoms with Crippen molar-refractivity contribution in [1.82, 2.24) is 5.32 Å². The van der Waals surface area contributed by atoms with E-state index in [1.165, 1.54) is 0 Å². The summed E-state index contributed by atoms with van der Waals surface area (Å²) in [6.07, 6.45) is 2.48. The minimum Gasteiger partial charge on any atom is -0.396 e. The van der Waals surface area contributed by atoms with Crippen LogP contribution in [-0.4, -0.2) is 37.4 Å². The molecule has 4 nitrogen and oxygen atoms in total. The molecule has 0 aliphatic rings. The molecule has 0 saturated carbocycles. The third kappa shape index (κ3) is 9.30. The van der Waals surface area contributed by atoms with Crippen LogP contribution in [0.25, 0.3) is 0 Å². The van der Waals surface area contributed by atoms with Gasteiger partial charge in [-0.3, -0.25) is 4.79 Å². The Morgan fingerprint density at radius 1 is 1.46 bits per heavy atom. The van der Waals surface area contributed by atoms with Crippen LogP contribution in [0.1, 0.15) is 26.2 Å². The smallest absolute Gasteiger partial charge is 0.245 e. The molecule has 0 rings (SSSR count). The molecular weight excluding hydrogens is 170 g/mol. The summed E-state index contributed by atoms with van der Waals surface area (Å²) in [5.41, 5.74) is 0. The van der Waals surface area contributed by atoms with Crippen molar-refractivity contribution in [3.05, 3.63) is 0 Å². The molecular formula is C9H19NO3. The van der Waals surface area contributed by atoms with Crippen LogP contribution >= 0.6 is 0 Å². The second-order valence-electron chi connectivity index (χ2n) is 2.83. The van der Waals surface area contributed by atoms with Gasteiger partial charge in [0.05, 0.1) is 0 Å². The van der Waals surface area contributed by atoms with Crippen LogP contribution in [0.2, 0.25) is 0 Å². The van der Waals surface area contributed by atoms with Crippen molar-refractivity contribution >= 4 is 5.91 Å². The van der Waals surface area contributed by atoms with Gasteiger partial charge in [-0.15, -0.1) is 0 Å². The first-order valence-corrected chi connectivity index (χ1v) is 4.76. The van der Waals surface area contributed by atoms with Gasteiger partial charge in [-0.05, 0) is 19.3 Å². The van der Waals surface area contributed by atoms with E-state index in [4.69, 9.17) is 9.84 Å². The lowest BCUT2D eigenvalue weighted by atomic mass is 10.3. The number of ether oxygens (including phenoxy) is 1. The van der Waals surface area contributed by atoms with Crippen LogP contribution in [0, 0.1) is 0 Å². The number of carbonyl (C=O) groups is 1. The standard InChI is InChI=1S/C9H19NO3/c1-2-7-13-8-9(12)10-5-3-4-6-11/h11H,2-8H2,1H3,(H,10,12). The molecule has 0 bridgehead atoms. The summed E-state index contributed by atoms with van der Waals surface area (Å²) in [5, 5.41) is 11.2. The summed E-state index contributed by atoms with van der Waals surface area (Å²) in [7, 11) is 0. The maximum atomic E-state index is 11.0. The number of unbranched alkanes of at least 4 members (excludes halogenated alkanes) is 1. The third-order valence-corrected chi connectivity index (χ3v) is 1.49. The first-order valence-electron chi connectivity index (χ1n) is 4.76. The largest absolute Gasteiger partial charge is 0.396 e. The number of rotatable bonds is 8. The van der Waals surface area contributed by atoms with Crippen LogP contribution < -0.4 is 5.32 Å². The molecule has 0 aromatic rings. The summed E-state index contributed by atoms with van der Waals surface area (Å²) in [4.78, 5) is 11.0. The number of amides is 1. The number of hydrogen-bond acceptors (Lipinski definition) is 3. The predicted octanol–water partition coefficient (Wildman–Crippen LogP) is 0.302. The van der Waals surface area contributed by atoms with Crippen LogP contribution in [0.4, 0.5) is 0 Å². The summed E-state index contributed by atoms with van der Waals surface area (Å²) >= 11 is 0. The Bertz CT molecular complexity index is 128. The quantitative estimate of drug-likeness (QED) is 0.540. The molecule has 0 aliphatic carbocycles. The van der Waals surface area contributed by atoms with E-state index in [-0.39, 0.29) is 19.1 Å². The Hall–Kier alpha value is -0.610. The average molecular weight is 189 g/mol. The highest BCUT2D eigenvalue weighted by Gasteiger charge is 1.98. The van der Waals surface area contributed by atoms with Gasteiger partial charge in [-0.1, -0.05) is 6.92 Å². The van der Waals surface area contributed by atoms with E-state index < -0.39 is 0 Å². The van der Waals surface area contributed by atoms with Crippen molar-refractivity contribution in [1.29, 1.82) is 0 Å². The van der Waals surface area contributed by atoms with E-state index in [2.05, 4.69) is 5.32 Å². The lowest BCUT2D eigenvalue weighted by Crippen LogP contribution is -2.28. The maximum Gasteiger partial charge on any atom is 0.245 e. The minimum atomic E-state index is -0.0774. The topological polar surface area (TPSA) is 58.6 Å². The van der Waals surface area contributed by atoms with Gasteiger partial charge >= 0.3 is 0 Å². The van der Waals surface area contributed by atoms with Crippen molar-refractivity contribution in [2.75, 3.05) is 26.4 Å². The lowest BCUT2D eigenvalue weighted by molar-refractivity contribution is -0.125. The molecule has 13 heavy (non-hydrogen) atoms. The zero-order chi connectivity index (χ0) is 9.94. The highest BCUT2D eigenvalue weighted by molar-refractivity contribution is 5.77. The number of nitrogens with one attached hydrogen (secondary N) is 1. The molecule has 0 unspecified atom stereocenters. The average Bonchev–Trinajstić information content (AvgIpc) is 2.13. The van der Waals surface area contributed by atoms with Crippen LogP contribution in [0.15, 0.2) is 0 Å². The molecule has 0 atom stereocenters. The van der Waals surface area contributed by atoms with E-state index >= 15 is 0 Å². The van der Waals surface area contributed by atoms with E-state index in [1.807, 2.05) is 6.92 Å². The van der Waals surface area contributed by atoms with Crippen LogP contribution in [-0.2, 0) is 9.53 Å². The van der Waals surface area contributed by atoms with Gasteiger partial charge in [0, 0.05) is 19.8 Å². The fraction of sp³-hybridized carbons (Fsp3) is 0.889. The molecule has 4 heteroatoms. The lowest BCUT2D eigenvalue weighted by Gasteiger charge is -2.04. The number of hydrogen-bond donors (Lipinski definition) is 2. The highest BCUT2D eigenvalue weighted by Crippen LogP contribution is 1.84. The maximum absolute atomic E-state index is 11.0. The third-order valence-electron chi connectivity index (χ3n) is 1.49. The molecule has 0 saturated heterocycles. The molecule has 78 valence electrons. The van der Waals surface area contributed by atoms with Crippen molar-refractivity contribution in [2.24, 2.45) is 0 Å². The zero-order valence-corrected chi connectivity index (χ0v) is 8.21. The summed E-state index contributed by atoms with van der Waals surface area (Å²) < 4.78 is 5.04. The molecule has 1 amide bonds. The molecule has 0 aliphatic heterocycles. The fourth-order valence-electron chi connectivity index (χ4n) is 0.825. The minimum absolute atomic E-state index is 0.0774. The van der Waals surface area contributed by atoms with Gasteiger partial charge in [-0.2, -0.15) is 0 Å². The number of aliphatic hydroxyl groups excluding tert-OH is 1. The van der Waals surface area contributed by atoms with E-state index in [0.717, 1.165) is 19.3 Å². The van der Waals surface area contributed by atoms with E-state index in [0.29, 0.717) is 13.2 Å². The molecule has 0 radical (unpaired) electrons. The van der Waals surface area contributed by atoms with Crippen LogP contribution in [0.3, 0.4) is 0 Å². The van der Waals surface area contributed by atoms with Crippen molar-refractivity contribution in [2.45, 2.75) is 26.2 Å². The first-order chi connectivity index (χ1) is 6.31. The highest BCUT2D eigenvalue weighted by atomic mass is 16.5. The van der Waals surface area contributed by atoms with Gasteiger partial charge < -0.3 is 15.2 Å². The van der Waals surface area contributed by atoms with Crippen LogP contribution in [0.5, 0.6) is 0 Å². The Morgan fingerprint density at radius 3 is 2.85 bits per heavy atom. The summed E-state index contributed by atoms with van der Waals surface area (Å²) in [5.74, 6) is -0.0774. The van der Waals surface area contributed by atoms with Crippen molar-refractivity contribution in [3.63, 3.8) is 0 Å². The van der Waals surface area contributed by atoms with Crippen molar-refractivity contribution < 1.29 is 14.6 Å². The zero-order valence-electron chi connectivity index (χ0n) is 8.21. The Morgan fingerprint density at radius 2 is 2.23 bits per heavy atom. The van der Waals surface area contributed by atoms with E-state index in [1.54, 1.807) is 0 Å². The second kappa shape index (κ2) is 9.48.